The van der Waals surface area contributed by atoms with Gasteiger partial charge in [-0.15, -0.1) is 0 Å². The molecule has 0 amide bonds. The van der Waals surface area contributed by atoms with E-state index in [2.05, 4.69) is 20.7 Å². The fraction of sp³-hybridized carbons (Fsp3) is 0.444. The number of nitriles is 1. The number of anilines is 1. The van der Waals surface area contributed by atoms with Crippen molar-refractivity contribution in [3.05, 3.63) is 36.0 Å². The van der Waals surface area contributed by atoms with Gasteiger partial charge in [-0.1, -0.05) is 25.1 Å². The number of pyridine rings is 1. The number of sulfonamides is 1. The third-order valence-corrected chi connectivity index (χ3v) is 6.14. The molecular formula is C18H22N4O2S. The lowest BCUT2D eigenvalue weighted by molar-refractivity contribution is 0.460. The SMILES string of the molecule is CCCS(=O)(=O)NC1CCN(c2c(C#N)cnc3ccccc23)CC1. The molecule has 1 aromatic heterocycles. The zero-order chi connectivity index (χ0) is 17.9. The normalized spacial score (nSPS) is 16.1. The summed E-state index contributed by atoms with van der Waals surface area (Å²) in [4.78, 5) is 6.52. The summed E-state index contributed by atoms with van der Waals surface area (Å²) in [5.41, 5.74) is 2.33. The van der Waals surface area contributed by atoms with Crippen LogP contribution in [0.4, 0.5) is 5.69 Å². The minimum Gasteiger partial charge on any atom is -0.370 e. The van der Waals surface area contributed by atoms with Crippen LogP contribution in [0.15, 0.2) is 30.5 Å². The van der Waals surface area contributed by atoms with Gasteiger partial charge in [0.25, 0.3) is 0 Å². The first-order chi connectivity index (χ1) is 12.0. The summed E-state index contributed by atoms with van der Waals surface area (Å²) in [7, 11) is -3.19. The highest BCUT2D eigenvalue weighted by molar-refractivity contribution is 7.89. The summed E-state index contributed by atoms with van der Waals surface area (Å²) in [5, 5.41) is 10.4. The molecule has 25 heavy (non-hydrogen) atoms. The van der Waals surface area contributed by atoms with Crippen molar-refractivity contribution >= 4 is 26.6 Å². The second-order valence-corrected chi connectivity index (χ2v) is 8.22. The minimum atomic E-state index is -3.19. The van der Waals surface area contributed by atoms with Gasteiger partial charge in [-0.25, -0.2) is 13.1 Å². The Balaban J connectivity index is 1.80. The Labute approximate surface area is 148 Å². The quantitative estimate of drug-likeness (QED) is 0.887. The Morgan fingerprint density at radius 2 is 2.04 bits per heavy atom. The number of aromatic nitrogens is 1. The van der Waals surface area contributed by atoms with Crippen LogP contribution in [-0.2, 0) is 10.0 Å². The van der Waals surface area contributed by atoms with Gasteiger partial charge < -0.3 is 4.90 Å². The smallest absolute Gasteiger partial charge is 0.211 e. The zero-order valence-electron chi connectivity index (χ0n) is 14.3. The van der Waals surface area contributed by atoms with E-state index in [-0.39, 0.29) is 11.8 Å². The van der Waals surface area contributed by atoms with Crippen LogP contribution in [0.5, 0.6) is 0 Å². The molecule has 1 fully saturated rings. The number of para-hydroxylation sites is 1. The van der Waals surface area contributed by atoms with Crippen LogP contribution >= 0.6 is 0 Å². The van der Waals surface area contributed by atoms with E-state index in [1.165, 1.54) is 0 Å². The van der Waals surface area contributed by atoms with Crippen LogP contribution in [0.2, 0.25) is 0 Å². The first-order valence-corrected chi connectivity index (χ1v) is 10.2. The molecule has 0 aliphatic carbocycles. The standard InChI is InChI=1S/C18H22N4O2S/c1-2-11-25(23,24)21-15-7-9-22(10-8-15)18-14(12-19)13-20-17-6-4-3-5-16(17)18/h3-6,13,15,21H,2,7-11H2,1H3. The Bertz CT molecular complexity index is 897. The number of benzene rings is 1. The van der Waals surface area contributed by atoms with Gasteiger partial charge in [-0.2, -0.15) is 5.26 Å². The number of fused-ring (bicyclic) bond motifs is 1. The molecule has 1 aromatic carbocycles. The van der Waals surface area contributed by atoms with E-state index in [4.69, 9.17) is 0 Å². The third-order valence-electron chi connectivity index (χ3n) is 4.50. The predicted molar refractivity (Wildman–Crippen MR) is 98.9 cm³/mol. The van der Waals surface area contributed by atoms with Crippen LogP contribution in [0.1, 0.15) is 31.7 Å². The molecule has 132 valence electrons. The summed E-state index contributed by atoms with van der Waals surface area (Å²) in [6.07, 6.45) is 3.69. The van der Waals surface area contributed by atoms with Crippen molar-refractivity contribution in [2.24, 2.45) is 0 Å². The maximum Gasteiger partial charge on any atom is 0.211 e. The molecule has 1 saturated heterocycles. The Kier molecular flexibility index (Phi) is 5.21. The van der Waals surface area contributed by atoms with Crippen molar-refractivity contribution < 1.29 is 8.42 Å². The number of piperidine rings is 1. The molecule has 0 spiro atoms. The maximum atomic E-state index is 11.9. The molecule has 3 rings (SSSR count). The first-order valence-electron chi connectivity index (χ1n) is 8.57. The van der Waals surface area contributed by atoms with E-state index in [1.54, 1.807) is 6.20 Å². The van der Waals surface area contributed by atoms with Gasteiger partial charge in [0.2, 0.25) is 10.0 Å². The second-order valence-electron chi connectivity index (χ2n) is 6.35. The lowest BCUT2D eigenvalue weighted by atomic mass is 10.0. The number of rotatable bonds is 5. The van der Waals surface area contributed by atoms with Gasteiger partial charge in [0, 0.05) is 30.7 Å². The van der Waals surface area contributed by atoms with Crippen molar-refractivity contribution in [3.63, 3.8) is 0 Å². The summed E-state index contributed by atoms with van der Waals surface area (Å²) < 4.78 is 26.7. The molecule has 6 nitrogen and oxygen atoms in total. The average molecular weight is 358 g/mol. The maximum absolute atomic E-state index is 11.9. The Morgan fingerprint density at radius 3 is 2.72 bits per heavy atom. The van der Waals surface area contributed by atoms with Crippen molar-refractivity contribution in [1.82, 2.24) is 9.71 Å². The van der Waals surface area contributed by atoms with Crippen LogP contribution in [-0.4, -0.2) is 38.3 Å². The van der Waals surface area contributed by atoms with E-state index in [0.29, 0.717) is 25.1 Å². The number of hydrogen-bond donors (Lipinski definition) is 1. The minimum absolute atomic E-state index is 0.0357. The van der Waals surface area contributed by atoms with E-state index < -0.39 is 10.0 Å². The van der Waals surface area contributed by atoms with Gasteiger partial charge in [0.1, 0.15) is 6.07 Å². The van der Waals surface area contributed by atoms with Gasteiger partial charge >= 0.3 is 0 Å². The molecule has 2 aromatic rings. The highest BCUT2D eigenvalue weighted by atomic mass is 32.2. The van der Waals surface area contributed by atoms with Crippen LogP contribution in [0, 0.1) is 11.3 Å². The average Bonchev–Trinajstić information content (AvgIpc) is 2.61. The molecule has 7 heteroatoms. The zero-order valence-corrected chi connectivity index (χ0v) is 15.1. The molecule has 0 saturated carbocycles. The van der Waals surface area contributed by atoms with Crippen molar-refractivity contribution in [1.29, 1.82) is 5.26 Å². The van der Waals surface area contributed by atoms with Gasteiger partial charge in [0.15, 0.2) is 0 Å². The fourth-order valence-electron chi connectivity index (χ4n) is 3.35. The lowest BCUT2D eigenvalue weighted by Crippen LogP contribution is -2.45. The molecule has 1 aliphatic rings. The fourth-order valence-corrected chi connectivity index (χ4v) is 4.75. The van der Waals surface area contributed by atoms with Crippen LogP contribution < -0.4 is 9.62 Å². The monoisotopic (exact) mass is 358 g/mol. The largest absolute Gasteiger partial charge is 0.370 e. The number of nitrogens with zero attached hydrogens (tertiary/aromatic N) is 3. The second kappa shape index (κ2) is 7.38. The molecule has 0 bridgehead atoms. The summed E-state index contributed by atoms with van der Waals surface area (Å²) >= 11 is 0. The van der Waals surface area contributed by atoms with Crippen LogP contribution in [0.3, 0.4) is 0 Å². The summed E-state index contributed by atoms with van der Waals surface area (Å²) in [5.74, 6) is 0.167. The highest BCUT2D eigenvalue weighted by Gasteiger charge is 2.25. The molecule has 0 atom stereocenters. The molecule has 0 radical (unpaired) electrons. The van der Waals surface area contributed by atoms with Crippen molar-refractivity contribution in [2.75, 3.05) is 23.7 Å². The van der Waals surface area contributed by atoms with Gasteiger partial charge in [-0.3, -0.25) is 4.98 Å². The number of hydrogen-bond acceptors (Lipinski definition) is 5. The van der Waals surface area contributed by atoms with Crippen molar-refractivity contribution in [2.45, 2.75) is 32.2 Å². The third kappa shape index (κ3) is 3.91. The van der Waals surface area contributed by atoms with E-state index in [9.17, 15) is 13.7 Å². The summed E-state index contributed by atoms with van der Waals surface area (Å²) in [6.45, 7) is 3.28. The topological polar surface area (TPSA) is 86.1 Å². The van der Waals surface area contributed by atoms with Gasteiger partial charge in [0.05, 0.1) is 22.5 Å². The molecule has 0 unspecified atom stereocenters. The van der Waals surface area contributed by atoms with E-state index >= 15 is 0 Å². The molecular weight excluding hydrogens is 336 g/mol. The van der Waals surface area contributed by atoms with Gasteiger partial charge in [-0.05, 0) is 25.3 Å². The summed E-state index contributed by atoms with van der Waals surface area (Å²) in [6, 6.07) is 9.99. The Hall–Kier alpha value is -2.17. The lowest BCUT2D eigenvalue weighted by Gasteiger charge is -2.34. The number of nitrogens with one attached hydrogen (secondary N) is 1. The molecule has 2 heterocycles. The molecule has 1 N–H and O–H groups in total. The van der Waals surface area contributed by atoms with Crippen molar-refractivity contribution in [3.8, 4) is 6.07 Å². The predicted octanol–water partition coefficient (Wildman–Crippen LogP) is 2.40. The molecule has 1 aliphatic heterocycles. The van der Waals surface area contributed by atoms with E-state index in [0.717, 1.165) is 29.4 Å². The highest BCUT2D eigenvalue weighted by Crippen LogP contribution is 2.31. The van der Waals surface area contributed by atoms with Crippen LogP contribution in [0.25, 0.3) is 10.9 Å². The first kappa shape index (κ1) is 17.6. The Morgan fingerprint density at radius 1 is 1.32 bits per heavy atom. The van der Waals surface area contributed by atoms with E-state index in [1.807, 2.05) is 31.2 Å².